The van der Waals surface area contributed by atoms with Crippen LogP contribution in [-0.4, -0.2) is 19.1 Å². The number of hydrogen-bond acceptors (Lipinski definition) is 4. The molecule has 0 aliphatic rings. The molecular weight excluding hydrogens is 322 g/mol. The first-order valence-electron chi connectivity index (χ1n) is 6.13. The number of nitrogens with zero attached hydrogens (tertiary/aromatic N) is 2. The summed E-state index contributed by atoms with van der Waals surface area (Å²) >= 11 is 5.21. The van der Waals surface area contributed by atoms with E-state index in [0.717, 1.165) is 20.9 Å². The normalized spacial score (nSPS) is 12.3. The van der Waals surface area contributed by atoms with Crippen molar-refractivity contribution in [3.63, 3.8) is 0 Å². The zero-order valence-electron chi connectivity index (χ0n) is 11.6. The van der Waals surface area contributed by atoms with Crippen molar-refractivity contribution in [1.29, 1.82) is 0 Å². The molecule has 1 aromatic heterocycles. The van der Waals surface area contributed by atoms with Crippen LogP contribution in [0.5, 0.6) is 0 Å². The number of thiazole rings is 1. The minimum atomic E-state index is 0.193. The van der Waals surface area contributed by atoms with Crippen LogP contribution in [0.4, 0.5) is 11.4 Å². The van der Waals surface area contributed by atoms with Crippen LogP contribution in [0.1, 0.15) is 23.7 Å². The van der Waals surface area contributed by atoms with E-state index in [1.807, 2.05) is 21.0 Å². The number of rotatable bonds is 4. The Labute approximate surface area is 126 Å². The van der Waals surface area contributed by atoms with Crippen LogP contribution in [0, 0.1) is 6.92 Å². The third-order valence-corrected chi connectivity index (χ3v) is 4.18. The molecule has 5 heteroatoms. The van der Waals surface area contributed by atoms with E-state index < -0.39 is 0 Å². The zero-order valence-corrected chi connectivity index (χ0v) is 14.0. The van der Waals surface area contributed by atoms with Gasteiger partial charge >= 0.3 is 0 Å². The summed E-state index contributed by atoms with van der Waals surface area (Å²) in [5.41, 5.74) is 3.37. The molecule has 1 heterocycles. The minimum Gasteiger partial charge on any atom is -0.376 e. The molecule has 1 unspecified atom stereocenters. The Morgan fingerprint density at radius 2 is 2.11 bits per heavy atom. The van der Waals surface area contributed by atoms with Crippen molar-refractivity contribution in [3.05, 3.63) is 38.8 Å². The summed E-state index contributed by atoms with van der Waals surface area (Å²) in [5.74, 6) is 0. The molecule has 0 aliphatic heterocycles. The highest BCUT2D eigenvalue weighted by Gasteiger charge is 2.12. The molecule has 0 saturated heterocycles. The summed E-state index contributed by atoms with van der Waals surface area (Å²) in [6.45, 7) is 4.17. The van der Waals surface area contributed by atoms with Crippen molar-refractivity contribution in [2.24, 2.45) is 0 Å². The largest absolute Gasteiger partial charge is 0.376 e. The molecule has 102 valence electrons. The SMILES string of the molecule is Cc1nc(C(C)Nc2cc(Br)ccc2N(C)C)cs1. The summed E-state index contributed by atoms with van der Waals surface area (Å²) < 4.78 is 1.07. The zero-order chi connectivity index (χ0) is 14.0. The fourth-order valence-electron chi connectivity index (χ4n) is 1.90. The average Bonchev–Trinajstić information content (AvgIpc) is 2.75. The number of hydrogen-bond donors (Lipinski definition) is 1. The monoisotopic (exact) mass is 339 g/mol. The molecule has 1 atom stereocenters. The van der Waals surface area contributed by atoms with Crippen LogP contribution in [0.25, 0.3) is 0 Å². The van der Waals surface area contributed by atoms with E-state index in [0.29, 0.717) is 0 Å². The number of aromatic nitrogens is 1. The maximum absolute atomic E-state index is 4.53. The standard InChI is InChI=1S/C14H18BrN3S/c1-9(13-8-19-10(2)17-13)16-12-7-11(15)5-6-14(12)18(3)4/h5-9,16H,1-4H3. The summed E-state index contributed by atoms with van der Waals surface area (Å²) in [4.78, 5) is 6.64. The van der Waals surface area contributed by atoms with Gasteiger partial charge in [-0.3, -0.25) is 0 Å². The topological polar surface area (TPSA) is 28.2 Å². The first kappa shape index (κ1) is 14.3. The minimum absolute atomic E-state index is 0.193. The summed E-state index contributed by atoms with van der Waals surface area (Å²) in [7, 11) is 4.10. The molecular formula is C14H18BrN3S. The number of aryl methyl sites for hydroxylation is 1. The molecule has 0 spiro atoms. The maximum atomic E-state index is 4.53. The lowest BCUT2D eigenvalue weighted by Gasteiger charge is -2.21. The molecule has 0 amide bonds. The second kappa shape index (κ2) is 5.92. The van der Waals surface area contributed by atoms with Crippen molar-refractivity contribution in [3.8, 4) is 0 Å². The van der Waals surface area contributed by atoms with E-state index in [4.69, 9.17) is 0 Å². The Hall–Kier alpha value is -1.07. The molecule has 19 heavy (non-hydrogen) atoms. The van der Waals surface area contributed by atoms with Crippen molar-refractivity contribution >= 4 is 38.6 Å². The van der Waals surface area contributed by atoms with E-state index in [9.17, 15) is 0 Å². The third-order valence-electron chi connectivity index (χ3n) is 2.89. The fraction of sp³-hybridized carbons (Fsp3) is 0.357. The quantitative estimate of drug-likeness (QED) is 0.891. The Kier molecular flexibility index (Phi) is 4.47. The number of halogens is 1. The lowest BCUT2D eigenvalue weighted by Crippen LogP contribution is -2.14. The summed E-state index contributed by atoms with van der Waals surface area (Å²) in [6.07, 6.45) is 0. The van der Waals surface area contributed by atoms with E-state index in [1.54, 1.807) is 11.3 Å². The summed E-state index contributed by atoms with van der Waals surface area (Å²) in [6, 6.07) is 6.45. The van der Waals surface area contributed by atoms with Gasteiger partial charge in [0.1, 0.15) is 0 Å². The fourth-order valence-corrected chi connectivity index (χ4v) is 2.97. The molecule has 0 fully saturated rings. The van der Waals surface area contributed by atoms with Crippen molar-refractivity contribution < 1.29 is 0 Å². The third kappa shape index (κ3) is 3.48. The van der Waals surface area contributed by atoms with Crippen molar-refractivity contribution in [2.45, 2.75) is 19.9 Å². The Morgan fingerprint density at radius 3 is 2.68 bits per heavy atom. The van der Waals surface area contributed by atoms with E-state index in [-0.39, 0.29) is 6.04 Å². The van der Waals surface area contributed by atoms with Gasteiger partial charge in [0.25, 0.3) is 0 Å². The van der Waals surface area contributed by atoms with Gasteiger partial charge in [0.05, 0.1) is 28.1 Å². The molecule has 2 aromatic rings. The molecule has 2 rings (SSSR count). The first-order chi connectivity index (χ1) is 8.97. The molecule has 1 N–H and O–H groups in total. The number of anilines is 2. The van der Waals surface area contributed by atoms with Crippen molar-refractivity contribution in [1.82, 2.24) is 4.98 Å². The molecule has 3 nitrogen and oxygen atoms in total. The van der Waals surface area contributed by atoms with Gasteiger partial charge in [-0.25, -0.2) is 4.98 Å². The van der Waals surface area contributed by atoms with Gasteiger partial charge in [-0.05, 0) is 32.0 Å². The molecule has 0 aliphatic carbocycles. The number of benzene rings is 1. The molecule has 1 aromatic carbocycles. The Morgan fingerprint density at radius 1 is 1.37 bits per heavy atom. The first-order valence-corrected chi connectivity index (χ1v) is 7.80. The van der Waals surface area contributed by atoms with Gasteiger partial charge in [-0.1, -0.05) is 15.9 Å². The van der Waals surface area contributed by atoms with Crippen LogP contribution in [0.2, 0.25) is 0 Å². The average molecular weight is 340 g/mol. The molecule has 0 bridgehead atoms. The highest BCUT2D eigenvalue weighted by molar-refractivity contribution is 9.10. The second-order valence-corrected chi connectivity index (χ2v) is 6.69. The van der Waals surface area contributed by atoms with E-state index >= 15 is 0 Å². The second-order valence-electron chi connectivity index (χ2n) is 4.71. The predicted molar refractivity (Wildman–Crippen MR) is 87.4 cm³/mol. The van der Waals surface area contributed by atoms with Gasteiger partial charge in [0.15, 0.2) is 0 Å². The van der Waals surface area contributed by atoms with Crippen molar-refractivity contribution in [2.75, 3.05) is 24.3 Å². The molecule has 0 radical (unpaired) electrons. The van der Waals surface area contributed by atoms with Gasteiger partial charge in [0.2, 0.25) is 0 Å². The summed E-state index contributed by atoms with van der Waals surface area (Å²) in [5, 5.41) is 6.75. The van der Waals surface area contributed by atoms with Crippen LogP contribution < -0.4 is 10.2 Å². The number of nitrogens with one attached hydrogen (secondary N) is 1. The van der Waals surface area contributed by atoms with Gasteiger partial charge < -0.3 is 10.2 Å². The van der Waals surface area contributed by atoms with E-state index in [2.05, 4.69) is 61.6 Å². The lowest BCUT2D eigenvalue weighted by atomic mass is 10.2. The van der Waals surface area contributed by atoms with Gasteiger partial charge in [-0.2, -0.15) is 0 Å². The lowest BCUT2D eigenvalue weighted by molar-refractivity contribution is 0.844. The van der Waals surface area contributed by atoms with Gasteiger partial charge in [-0.15, -0.1) is 11.3 Å². The van der Waals surface area contributed by atoms with Crippen LogP contribution in [-0.2, 0) is 0 Å². The van der Waals surface area contributed by atoms with Crippen LogP contribution in [0.15, 0.2) is 28.1 Å². The van der Waals surface area contributed by atoms with E-state index in [1.165, 1.54) is 5.69 Å². The highest BCUT2D eigenvalue weighted by atomic mass is 79.9. The predicted octanol–water partition coefficient (Wildman–Crippen LogP) is 4.45. The maximum Gasteiger partial charge on any atom is 0.0898 e. The smallest absolute Gasteiger partial charge is 0.0898 e. The Balaban J connectivity index is 2.25. The Bertz CT molecular complexity index is 566. The van der Waals surface area contributed by atoms with Gasteiger partial charge in [0, 0.05) is 23.9 Å². The highest BCUT2D eigenvalue weighted by Crippen LogP contribution is 2.31. The van der Waals surface area contributed by atoms with Crippen LogP contribution >= 0.6 is 27.3 Å². The molecule has 0 saturated carbocycles. The van der Waals surface area contributed by atoms with Crippen LogP contribution in [0.3, 0.4) is 0 Å².